The van der Waals surface area contributed by atoms with Gasteiger partial charge in [-0.25, -0.2) is 14.4 Å². The molecule has 0 spiro atoms. The highest BCUT2D eigenvalue weighted by atomic mass is 19.1. The van der Waals surface area contributed by atoms with E-state index < -0.39 is 5.82 Å². The number of carbonyl (C=O) groups excluding carboxylic acids is 2. The third kappa shape index (κ3) is 7.10. The SMILES string of the molecule is COCCOc1cc(F)c2c(Nc3ccc(NC(=O)CCC(=O)N(C)C(C)C)cc3)ncnc2c1. The number of methoxy groups -OCH3 is 1. The van der Waals surface area contributed by atoms with E-state index in [1.54, 1.807) is 49.4 Å². The van der Waals surface area contributed by atoms with Crippen LogP contribution in [0.4, 0.5) is 21.6 Å². The van der Waals surface area contributed by atoms with Crippen LogP contribution >= 0.6 is 0 Å². The second kappa shape index (κ2) is 12.1. The summed E-state index contributed by atoms with van der Waals surface area (Å²) >= 11 is 0. The van der Waals surface area contributed by atoms with E-state index in [1.807, 2.05) is 13.8 Å². The van der Waals surface area contributed by atoms with E-state index in [9.17, 15) is 14.0 Å². The molecule has 9 nitrogen and oxygen atoms in total. The molecule has 0 radical (unpaired) electrons. The van der Waals surface area contributed by atoms with Gasteiger partial charge in [-0.2, -0.15) is 0 Å². The standard InChI is InChI=1S/C25H30FN5O4/c1-16(2)31(3)23(33)10-9-22(32)29-17-5-7-18(8-6-17)30-25-24-20(26)13-19(35-12-11-34-4)14-21(24)27-15-28-25/h5-8,13-16H,9-12H2,1-4H3,(H,29,32)(H,27,28,30). The summed E-state index contributed by atoms with van der Waals surface area (Å²) in [7, 11) is 3.28. The number of nitrogens with zero attached hydrogens (tertiary/aromatic N) is 3. The number of halogens is 1. The molecule has 3 rings (SSSR count). The number of hydrogen-bond donors (Lipinski definition) is 2. The molecule has 2 amide bonds. The molecule has 2 aromatic carbocycles. The van der Waals surface area contributed by atoms with Crippen molar-refractivity contribution in [1.82, 2.24) is 14.9 Å². The van der Waals surface area contributed by atoms with Crippen molar-refractivity contribution in [1.29, 1.82) is 0 Å². The third-order valence-electron chi connectivity index (χ3n) is 5.38. The van der Waals surface area contributed by atoms with E-state index in [4.69, 9.17) is 9.47 Å². The number of anilines is 3. The fraction of sp³-hybridized carbons (Fsp3) is 0.360. The largest absolute Gasteiger partial charge is 0.491 e. The average molecular weight is 484 g/mol. The van der Waals surface area contributed by atoms with Crippen molar-refractivity contribution in [2.24, 2.45) is 0 Å². The molecule has 0 unspecified atom stereocenters. The first-order chi connectivity index (χ1) is 16.8. The van der Waals surface area contributed by atoms with E-state index >= 15 is 0 Å². The molecule has 0 saturated heterocycles. The van der Waals surface area contributed by atoms with Gasteiger partial charge < -0.3 is 25.0 Å². The third-order valence-corrected chi connectivity index (χ3v) is 5.38. The van der Waals surface area contributed by atoms with E-state index in [2.05, 4.69) is 20.6 Å². The Labute approximate surface area is 203 Å². The first-order valence-electron chi connectivity index (χ1n) is 11.3. The van der Waals surface area contributed by atoms with E-state index in [1.165, 1.54) is 12.4 Å². The minimum absolute atomic E-state index is 0.0762. The predicted molar refractivity (Wildman–Crippen MR) is 132 cm³/mol. The first kappa shape index (κ1) is 25.8. The number of ether oxygens (including phenoxy) is 2. The quantitative estimate of drug-likeness (QED) is 0.395. The van der Waals surface area contributed by atoms with Crippen LogP contribution in [-0.2, 0) is 14.3 Å². The van der Waals surface area contributed by atoms with Crippen molar-refractivity contribution >= 4 is 39.9 Å². The lowest BCUT2D eigenvalue weighted by atomic mass is 10.2. The lowest BCUT2D eigenvalue weighted by molar-refractivity contribution is -0.133. The summed E-state index contributed by atoms with van der Waals surface area (Å²) in [5.74, 6) is -0.175. The number of benzene rings is 2. The molecule has 0 fully saturated rings. The van der Waals surface area contributed by atoms with Gasteiger partial charge in [0.05, 0.1) is 17.5 Å². The summed E-state index contributed by atoms with van der Waals surface area (Å²) in [5, 5.41) is 6.10. The Morgan fingerprint density at radius 2 is 1.77 bits per heavy atom. The normalized spacial score (nSPS) is 10.9. The Morgan fingerprint density at radius 3 is 2.46 bits per heavy atom. The zero-order valence-electron chi connectivity index (χ0n) is 20.3. The Kier molecular flexibility index (Phi) is 8.91. The average Bonchev–Trinajstić information content (AvgIpc) is 2.83. The van der Waals surface area contributed by atoms with Gasteiger partial charge in [0.1, 0.15) is 30.3 Å². The summed E-state index contributed by atoms with van der Waals surface area (Å²) in [6.07, 6.45) is 1.58. The Balaban J connectivity index is 1.63. The molecule has 0 aliphatic heterocycles. The smallest absolute Gasteiger partial charge is 0.224 e. The highest BCUT2D eigenvalue weighted by molar-refractivity contribution is 5.94. The Hall–Kier alpha value is -3.79. The van der Waals surface area contributed by atoms with Crippen LogP contribution in [0.2, 0.25) is 0 Å². The minimum atomic E-state index is -0.514. The van der Waals surface area contributed by atoms with Gasteiger partial charge in [0.15, 0.2) is 0 Å². The molecule has 10 heteroatoms. The summed E-state index contributed by atoms with van der Waals surface area (Å²) in [5.41, 5.74) is 1.63. The van der Waals surface area contributed by atoms with Crippen molar-refractivity contribution in [3.05, 3.63) is 48.5 Å². The van der Waals surface area contributed by atoms with Crippen LogP contribution in [0.1, 0.15) is 26.7 Å². The maximum Gasteiger partial charge on any atom is 0.224 e. The van der Waals surface area contributed by atoms with Crippen molar-refractivity contribution < 1.29 is 23.5 Å². The van der Waals surface area contributed by atoms with Gasteiger partial charge in [-0.3, -0.25) is 9.59 Å². The molecule has 2 N–H and O–H groups in total. The summed E-state index contributed by atoms with van der Waals surface area (Å²) in [6.45, 7) is 4.52. The van der Waals surface area contributed by atoms with Gasteiger partial charge in [-0.1, -0.05) is 0 Å². The summed E-state index contributed by atoms with van der Waals surface area (Å²) in [4.78, 5) is 34.2. The lowest BCUT2D eigenvalue weighted by Crippen LogP contribution is -2.33. The molecule has 0 atom stereocenters. The molecule has 186 valence electrons. The van der Waals surface area contributed by atoms with E-state index in [-0.39, 0.29) is 36.1 Å². The molecule has 1 aromatic heterocycles. The second-order valence-electron chi connectivity index (χ2n) is 8.21. The fourth-order valence-electron chi connectivity index (χ4n) is 3.22. The van der Waals surface area contributed by atoms with Crippen LogP contribution in [0.15, 0.2) is 42.7 Å². The highest BCUT2D eigenvalue weighted by Gasteiger charge is 2.15. The zero-order valence-corrected chi connectivity index (χ0v) is 20.3. The number of amides is 2. The van der Waals surface area contributed by atoms with Crippen molar-refractivity contribution in [2.75, 3.05) is 38.0 Å². The van der Waals surface area contributed by atoms with Gasteiger partial charge >= 0.3 is 0 Å². The monoisotopic (exact) mass is 483 g/mol. The number of hydrogen-bond acceptors (Lipinski definition) is 7. The zero-order chi connectivity index (χ0) is 25.4. The number of carbonyl (C=O) groups is 2. The maximum absolute atomic E-state index is 14.8. The van der Waals surface area contributed by atoms with Crippen molar-refractivity contribution in [3.63, 3.8) is 0 Å². The Morgan fingerprint density at radius 1 is 1.06 bits per heavy atom. The number of fused-ring (bicyclic) bond motifs is 1. The van der Waals surface area contributed by atoms with Gasteiger partial charge in [0.25, 0.3) is 0 Å². The lowest BCUT2D eigenvalue weighted by Gasteiger charge is -2.21. The van der Waals surface area contributed by atoms with Crippen molar-refractivity contribution in [2.45, 2.75) is 32.7 Å². The second-order valence-corrected chi connectivity index (χ2v) is 8.21. The number of nitrogens with one attached hydrogen (secondary N) is 2. The molecular weight excluding hydrogens is 453 g/mol. The van der Waals surface area contributed by atoms with Gasteiger partial charge in [-0.15, -0.1) is 0 Å². The van der Waals surface area contributed by atoms with Crippen LogP contribution < -0.4 is 15.4 Å². The van der Waals surface area contributed by atoms with Crippen LogP contribution in [0.5, 0.6) is 5.75 Å². The fourth-order valence-corrected chi connectivity index (χ4v) is 3.22. The number of aromatic nitrogens is 2. The predicted octanol–water partition coefficient (Wildman–Crippen LogP) is 4.12. The van der Waals surface area contributed by atoms with Crippen LogP contribution in [0, 0.1) is 5.82 Å². The summed E-state index contributed by atoms with van der Waals surface area (Å²) < 4.78 is 25.3. The van der Waals surface area contributed by atoms with Crippen LogP contribution in [-0.4, -0.2) is 60.1 Å². The molecule has 0 saturated carbocycles. The van der Waals surface area contributed by atoms with Crippen molar-refractivity contribution in [3.8, 4) is 5.75 Å². The van der Waals surface area contributed by atoms with Gasteiger partial charge in [-0.05, 0) is 38.1 Å². The molecule has 0 aliphatic carbocycles. The van der Waals surface area contributed by atoms with Gasteiger partial charge in [0, 0.05) is 56.5 Å². The molecule has 1 heterocycles. The van der Waals surface area contributed by atoms with Crippen LogP contribution in [0.3, 0.4) is 0 Å². The topological polar surface area (TPSA) is 106 Å². The number of rotatable bonds is 11. The van der Waals surface area contributed by atoms with E-state index in [0.29, 0.717) is 41.7 Å². The first-order valence-corrected chi connectivity index (χ1v) is 11.3. The van der Waals surface area contributed by atoms with Crippen LogP contribution in [0.25, 0.3) is 10.9 Å². The molecule has 3 aromatic rings. The summed E-state index contributed by atoms with van der Waals surface area (Å²) in [6, 6.07) is 9.91. The van der Waals surface area contributed by atoms with E-state index in [0.717, 1.165) is 0 Å². The Bertz CT molecular complexity index is 1170. The molecular formula is C25H30FN5O4. The minimum Gasteiger partial charge on any atom is -0.491 e. The molecule has 0 bridgehead atoms. The maximum atomic E-state index is 14.8. The van der Waals surface area contributed by atoms with Gasteiger partial charge in [0.2, 0.25) is 11.8 Å². The molecule has 35 heavy (non-hydrogen) atoms. The highest BCUT2D eigenvalue weighted by Crippen LogP contribution is 2.29. The molecule has 0 aliphatic rings.